The lowest BCUT2D eigenvalue weighted by Gasteiger charge is -2.14. The molecular weight excluding hydrogens is 218 g/mol. The van der Waals surface area contributed by atoms with Gasteiger partial charge in [0.1, 0.15) is 0 Å². The van der Waals surface area contributed by atoms with Crippen molar-refractivity contribution in [1.82, 2.24) is 0 Å². The van der Waals surface area contributed by atoms with E-state index in [4.69, 9.17) is 9.47 Å². The van der Waals surface area contributed by atoms with Crippen molar-refractivity contribution in [3.8, 4) is 0 Å². The van der Waals surface area contributed by atoms with Gasteiger partial charge in [-0.3, -0.25) is 0 Å². The largest absolute Gasteiger partial charge is 0.465 e. The fourth-order valence-electron chi connectivity index (χ4n) is 1.55. The number of nitrogens with one attached hydrogen (secondary N) is 1. The number of carbonyl (C=O) groups is 1. The summed E-state index contributed by atoms with van der Waals surface area (Å²) in [6.07, 6.45) is 0. The summed E-state index contributed by atoms with van der Waals surface area (Å²) in [7, 11) is 3.06. The van der Waals surface area contributed by atoms with E-state index < -0.39 is 0 Å². The van der Waals surface area contributed by atoms with Gasteiger partial charge in [-0.05, 0) is 18.1 Å². The van der Waals surface area contributed by atoms with E-state index in [0.717, 1.165) is 12.2 Å². The highest BCUT2D eigenvalue weighted by atomic mass is 16.5. The Kier molecular flexibility index (Phi) is 5.49. The molecule has 0 aromatic heterocycles. The molecular formula is C13H19NO3. The molecule has 0 aliphatic carbocycles. The van der Waals surface area contributed by atoms with Crippen LogP contribution >= 0.6 is 0 Å². The summed E-state index contributed by atoms with van der Waals surface area (Å²) in [5.41, 5.74) is 1.35. The summed E-state index contributed by atoms with van der Waals surface area (Å²) in [5, 5.41) is 3.23. The maximum absolute atomic E-state index is 11.5. The van der Waals surface area contributed by atoms with Crippen LogP contribution in [0.4, 0.5) is 5.69 Å². The van der Waals surface area contributed by atoms with Crippen LogP contribution in [0.1, 0.15) is 17.3 Å². The Morgan fingerprint density at radius 2 is 2.06 bits per heavy atom. The molecule has 0 aliphatic rings. The van der Waals surface area contributed by atoms with E-state index in [2.05, 4.69) is 12.2 Å². The van der Waals surface area contributed by atoms with Crippen LogP contribution in [0.3, 0.4) is 0 Å². The molecule has 1 N–H and O–H groups in total. The molecule has 0 spiro atoms. The lowest BCUT2D eigenvalue weighted by atomic mass is 10.1. The Bertz CT molecular complexity index is 365. The van der Waals surface area contributed by atoms with E-state index in [1.165, 1.54) is 7.11 Å². The van der Waals surface area contributed by atoms with Crippen LogP contribution in [-0.2, 0) is 9.47 Å². The third kappa shape index (κ3) is 4.07. The van der Waals surface area contributed by atoms with Gasteiger partial charge in [-0.2, -0.15) is 0 Å². The molecule has 0 amide bonds. The molecule has 17 heavy (non-hydrogen) atoms. The minimum absolute atomic E-state index is 0.326. The van der Waals surface area contributed by atoms with Crippen molar-refractivity contribution in [3.63, 3.8) is 0 Å². The van der Waals surface area contributed by atoms with Crippen LogP contribution in [-0.4, -0.2) is 33.3 Å². The Hall–Kier alpha value is -1.55. The molecule has 1 atom stereocenters. The van der Waals surface area contributed by atoms with Gasteiger partial charge in [0.2, 0.25) is 0 Å². The van der Waals surface area contributed by atoms with E-state index in [-0.39, 0.29) is 5.97 Å². The van der Waals surface area contributed by atoms with Crippen molar-refractivity contribution in [3.05, 3.63) is 29.8 Å². The molecule has 0 radical (unpaired) electrons. The lowest BCUT2D eigenvalue weighted by molar-refractivity contribution is 0.0602. The highest BCUT2D eigenvalue weighted by Gasteiger charge is 2.11. The molecule has 0 bridgehead atoms. The quantitative estimate of drug-likeness (QED) is 0.770. The topological polar surface area (TPSA) is 47.6 Å². The normalized spacial score (nSPS) is 11.9. The van der Waals surface area contributed by atoms with Crippen LogP contribution in [0.5, 0.6) is 0 Å². The van der Waals surface area contributed by atoms with Gasteiger partial charge in [0.05, 0.1) is 19.3 Å². The summed E-state index contributed by atoms with van der Waals surface area (Å²) in [6, 6.07) is 7.31. The molecule has 0 fully saturated rings. The average Bonchev–Trinajstić information content (AvgIpc) is 2.36. The monoisotopic (exact) mass is 237 g/mol. The summed E-state index contributed by atoms with van der Waals surface area (Å²) >= 11 is 0. The number of hydrogen-bond donors (Lipinski definition) is 1. The zero-order valence-corrected chi connectivity index (χ0v) is 10.5. The van der Waals surface area contributed by atoms with E-state index in [1.807, 2.05) is 18.2 Å². The smallest absolute Gasteiger partial charge is 0.339 e. The van der Waals surface area contributed by atoms with Gasteiger partial charge in [0.25, 0.3) is 0 Å². The molecule has 4 nitrogen and oxygen atoms in total. The number of hydrogen-bond acceptors (Lipinski definition) is 4. The molecule has 1 aromatic carbocycles. The first-order valence-corrected chi connectivity index (χ1v) is 5.59. The molecule has 4 heteroatoms. The standard InChI is InChI=1S/C13H19NO3/c1-10(9-16-2)8-14-12-7-5-4-6-11(12)13(15)17-3/h4-7,10,14H,8-9H2,1-3H3. The molecule has 0 aliphatic heterocycles. The fraction of sp³-hybridized carbons (Fsp3) is 0.462. The Balaban J connectivity index is 2.67. The number of carbonyl (C=O) groups excluding carboxylic acids is 1. The second kappa shape index (κ2) is 6.91. The maximum atomic E-state index is 11.5. The number of anilines is 1. The molecule has 1 aromatic rings. The minimum atomic E-state index is -0.326. The van der Waals surface area contributed by atoms with Gasteiger partial charge in [-0.25, -0.2) is 4.79 Å². The van der Waals surface area contributed by atoms with Crippen LogP contribution in [0.15, 0.2) is 24.3 Å². The van der Waals surface area contributed by atoms with Crippen molar-refractivity contribution in [2.45, 2.75) is 6.92 Å². The molecule has 0 heterocycles. The molecule has 0 saturated carbocycles. The first-order valence-electron chi connectivity index (χ1n) is 5.59. The average molecular weight is 237 g/mol. The minimum Gasteiger partial charge on any atom is -0.465 e. The zero-order valence-electron chi connectivity index (χ0n) is 10.5. The van der Waals surface area contributed by atoms with Gasteiger partial charge in [0, 0.05) is 19.3 Å². The predicted molar refractivity (Wildman–Crippen MR) is 67.3 cm³/mol. The Labute approximate surface area is 102 Å². The lowest BCUT2D eigenvalue weighted by Crippen LogP contribution is -2.17. The molecule has 1 unspecified atom stereocenters. The SMILES string of the molecule is COCC(C)CNc1ccccc1C(=O)OC. The van der Waals surface area contributed by atoms with Crippen LogP contribution in [0.25, 0.3) is 0 Å². The van der Waals surface area contributed by atoms with Crippen LogP contribution in [0.2, 0.25) is 0 Å². The number of esters is 1. The second-order valence-electron chi connectivity index (χ2n) is 3.98. The third-order valence-electron chi connectivity index (χ3n) is 2.42. The number of ether oxygens (including phenoxy) is 2. The van der Waals surface area contributed by atoms with Gasteiger partial charge >= 0.3 is 5.97 Å². The van der Waals surface area contributed by atoms with E-state index in [0.29, 0.717) is 18.1 Å². The first kappa shape index (κ1) is 13.5. The highest BCUT2D eigenvalue weighted by Crippen LogP contribution is 2.16. The fourth-order valence-corrected chi connectivity index (χ4v) is 1.55. The Morgan fingerprint density at radius 3 is 2.71 bits per heavy atom. The summed E-state index contributed by atoms with van der Waals surface area (Å²) in [5.74, 6) is 0.0539. The van der Waals surface area contributed by atoms with Gasteiger partial charge in [0.15, 0.2) is 0 Å². The van der Waals surface area contributed by atoms with Crippen LogP contribution < -0.4 is 5.32 Å². The van der Waals surface area contributed by atoms with Crippen LogP contribution in [0, 0.1) is 5.92 Å². The van der Waals surface area contributed by atoms with Crippen molar-refractivity contribution >= 4 is 11.7 Å². The summed E-state index contributed by atoms with van der Waals surface area (Å²) < 4.78 is 9.79. The predicted octanol–water partition coefficient (Wildman–Crippen LogP) is 2.17. The zero-order chi connectivity index (χ0) is 12.7. The number of para-hydroxylation sites is 1. The van der Waals surface area contributed by atoms with Gasteiger partial charge < -0.3 is 14.8 Å². The number of methoxy groups -OCH3 is 2. The number of benzene rings is 1. The van der Waals surface area contributed by atoms with E-state index in [9.17, 15) is 4.79 Å². The van der Waals surface area contributed by atoms with Gasteiger partial charge in [-0.15, -0.1) is 0 Å². The summed E-state index contributed by atoms with van der Waals surface area (Å²) in [6.45, 7) is 3.52. The molecule has 94 valence electrons. The third-order valence-corrected chi connectivity index (χ3v) is 2.42. The second-order valence-corrected chi connectivity index (χ2v) is 3.98. The molecule has 0 saturated heterocycles. The number of rotatable bonds is 6. The highest BCUT2D eigenvalue weighted by molar-refractivity contribution is 5.95. The van der Waals surface area contributed by atoms with Crippen molar-refractivity contribution < 1.29 is 14.3 Å². The van der Waals surface area contributed by atoms with Crippen molar-refractivity contribution in [2.24, 2.45) is 5.92 Å². The van der Waals surface area contributed by atoms with E-state index in [1.54, 1.807) is 13.2 Å². The maximum Gasteiger partial charge on any atom is 0.339 e. The van der Waals surface area contributed by atoms with E-state index >= 15 is 0 Å². The Morgan fingerprint density at radius 1 is 1.35 bits per heavy atom. The van der Waals surface area contributed by atoms with Crippen molar-refractivity contribution in [2.75, 3.05) is 32.7 Å². The summed E-state index contributed by atoms with van der Waals surface area (Å²) in [4.78, 5) is 11.5. The van der Waals surface area contributed by atoms with Gasteiger partial charge in [-0.1, -0.05) is 19.1 Å². The first-order chi connectivity index (χ1) is 8.19. The van der Waals surface area contributed by atoms with Crippen molar-refractivity contribution in [1.29, 1.82) is 0 Å². The molecule has 1 rings (SSSR count).